The van der Waals surface area contributed by atoms with Crippen LogP contribution in [0.25, 0.3) is 0 Å². The Morgan fingerprint density at radius 1 is 1.35 bits per heavy atom. The molecule has 1 aliphatic rings. The highest BCUT2D eigenvalue weighted by Crippen LogP contribution is 2.23. The molecule has 1 saturated heterocycles. The van der Waals surface area contributed by atoms with Gasteiger partial charge in [0.1, 0.15) is 5.75 Å². The van der Waals surface area contributed by atoms with Crippen molar-refractivity contribution in [3.63, 3.8) is 0 Å². The number of benzene rings is 1. The van der Waals surface area contributed by atoms with E-state index in [0.29, 0.717) is 16.9 Å². The quantitative estimate of drug-likeness (QED) is 0.854. The van der Waals surface area contributed by atoms with E-state index in [9.17, 15) is 4.79 Å². The molecule has 1 heterocycles. The zero-order chi connectivity index (χ0) is 14.7. The smallest absolute Gasteiger partial charge is 0.260 e. The number of likely N-dealkylation sites (tertiary alicyclic amines) is 1. The Bertz CT molecular complexity index is 479. The van der Waals surface area contributed by atoms with Crippen molar-refractivity contribution < 1.29 is 9.53 Å². The van der Waals surface area contributed by atoms with Gasteiger partial charge >= 0.3 is 0 Å². The Morgan fingerprint density at radius 3 is 2.60 bits per heavy atom. The molecule has 1 aromatic rings. The number of amides is 1. The summed E-state index contributed by atoms with van der Waals surface area (Å²) in [4.78, 5) is 14.1. The Labute approximate surface area is 125 Å². The van der Waals surface area contributed by atoms with Gasteiger partial charge in [-0.2, -0.15) is 0 Å². The number of ether oxygens (including phenoxy) is 1. The molecule has 4 heteroatoms. The van der Waals surface area contributed by atoms with E-state index >= 15 is 0 Å². The second-order valence-corrected chi connectivity index (χ2v) is 6.38. The molecule has 1 fully saturated rings. The summed E-state index contributed by atoms with van der Waals surface area (Å²) in [6, 6.07) is 5.43. The van der Waals surface area contributed by atoms with Crippen LogP contribution in [0, 0.1) is 18.8 Å². The van der Waals surface area contributed by atoms with Crippen molar-refractivity contribution in [1.29, 1.82) is 0 Å². The lowest BCUT2D eigenvalue weighted by Gasteiger charge is -2.34. The third-order valence-corrected chi connectivity index (χ3v) is 3.94. The van der Waals surface area contributed by atoms with Gasteiger partial charge < -0.3 is 9.64 Å². The summed E-state index contributed by atoms with van der Waals surface area (Å²) in [5.74, 6) is 1.93. The van der Waals surface area contributed by atoms with Crippen LogP contribution in [0.1, 0.15) is 25.8 Å². The Kier molecular flexibility index (Phi) is 4.92. The van der Waals surface area contributed by atoms with Gasteiger partial charge in [-0.25, -0.2) is 0 Å². The number of hydrogen-bond donors (Lipinski definition) is 0. The molecule has 0 N–H and O–H groups in total. The molecule has 0 saturated carbocycles. The van der Waals surface area contributed by atoms with Crippen molar-refractivity contribution in [3.05, 3.63) is 28.8 Å². The molecule has 2 rings (SSSR count). The minimum Gasteiger partial charge on any atom is -0.483 e. The van der Waals surface area contributed by atoms with Crippen LogP contribution in [-0.2, 0) is 4.79 Å². The van der Waals surface area contributed by atoms with E-state index in [4.69, 9.17) is 16.3 Å². The first-order valence-electron chi connectivity index (χ1n) is 7.12. The Hall–Kier alpha value is -1.22. The van der Waals surface area contributed by atoms with Gasteiger partial charge in [0.15, 0.2) is 6.61 Å². The maximum atomic E-state index is 12.2. The fourth-order valence-electron chi connectivity index (χ4n) is 2.87. The summed E-state index contributed by atoms with van der Waals surface area (Å²) in [7, 11) is 0. The summed E-state index contributed by atoms with van der Waals surface area (Å²) in [6.45, 7) is 8.09. The number of piperidine rings is 1. The van der Waals surface area contributed by atoms with Gasteiger partial charge in [-0.15, -0.1) is 0 Å². The molecule has 0 bridgehead atoms. The van der Waals surface area contributed by atoms with Crippen molar-refractivity contribution in [1.82, 2.24) is 4.90 Å². The molecule has 110 valence electrons. The predicted octanol–water partition coefficient (Wildman–Crippen LogP) is 3.53. The first kappa shape index (κ1) is 15.2. The van der Waals surface area contributed by atoms with Gasteiger partial charge in [-0.05, 0) is 48.9 Å². The number of nitrogens with zero attached hydrogens (tertiary/aromatic N) is 1. The van der Waals surface area contributed by atoms with Gasteiger partial charge in [0, 0.05) is 18.1 Å². The Balaban J connectivity index is 1.91. The maximum Gasteiger partial charge on any atom is 0.260 e. The van der Waals surface area contributed by atoms with Gasteiger partial charge in [0.2, 0.25) is 0 Å². The molecule has 0 unspecified atom stereocenters. The van der Waals surface area contributed by atoms with Crippen LogP contribution in [0.3, 0.4) is 0 Å². The lowest BCUT2D eigenvalue weighted by Crippen LogP contribution is -2.44. The van der Waals surface area contributed by atoms with E-state index < -0.39 is 0 Å². The predicted molar refractivity (Wildman–Crippen MR) is 81.2 cm³/mol. The highest BCUT2D eigenvalue weighted by Gasteiger charge is 2.25. The molecule has 0 aliphatic carbocycles. The number of halogens is 1. The highest BCUT2D eigenvalue weighted by atomic mass is 35.5. The fraction of sp³-hybridized carbons (Fsp3) is 0.562. The number of carbonyl (C=O) groups is 1. The van der Waals surface area contributed by atoms with Gasteiger partial charge in [0.25, 0.3) is 5.91 Å². The monoisotopic (exact) mass is 295 g/mol. The first-order valence-corrected chi connectivity index (χ1v) is 7.50. The second-order valence-electron chi connectivity index (χ2n) is 5.94. The lowest BCUT2D eigenvalue weighted by molar-refractivity contribution is -0.136. The second kappa shape index (κ2) is 6.49. The SMILES string of the molecule is Cc1cc(Cl)ccc1OCC(=O)N1C[C@H](C)C[C@H](C)C1. The molecule has 20 heavy (non-hydrogen) atoms. The average molecular weight is 296 g/mol. The minimum atomic E-state index is 0.0674. The molecular weight excluding hydrogens is 274 g/mol. The molecular formula is C16H22ClNO2. The molecule has 0 radical (unpaired) electrons. The largest absolute Gasteiger partial charge is 0.483 e. The zero-order valence-corrected chi connectivity index (χ0v) is 13.1. The zero-order valence-electron chi connectivity index (χ0n) is 12.4. The standard InChI is InChI=1S/C16H22ClNO2/c1-11-6-12(2)9-18(8-11)16(19)10-20-15-5-4-14(17)7-13(15)3/h4-5,7,11-12H,6,8-10H2,1-3H3/t11-,12+. The molecule has 1 amide bonds. The lowest BCUT2D eigenvalue weighted by atomic mass is 9.92. The van der Waals surface area contributed by atoms with Crippen molar-refractivity contribution in [2.75, 3.05) is 19.7 Å². The van der Waals surface area contributed by atoms with Crippen molar-refractivity contribution in [2.45, 2.75) is 27.2 Å². The third kappa shape index (κ3) is 3.89. The van der Waals surface area contributed by atoms with Gasteiger partial charge in [-0.3, -0.25) is 4.79 Å². The summed E-state index contributed by atoms with van der Waals surface area (Å²) in [6.07, 6.45) is 1.20. The van der Waals surface area contributed by atoms with Crippen LogP contribution in [0.4, 0.5) is 0 Å². The summed E-state index contributed by atoms with van der Waals surface area (Å²) >= 11 is 5.90. The van der Waals surface area contributed by atoms with Gasteiger partial charge in [-0.1, -0.05) is 25.4 Å². The average Bonchev–Trinajstić information content (AvgIpc) is 2.36. The van der Waals surface area contributed by atoms with E-state index in [1.807, 2.05) is 24.0 Å². The van der Waals surface area contributed by atoms with Crippen molar-refractivity contribution >= 4 is 17.5 Å². The topological polar surface area (TPSA) is 29.5 Å². The van der Waals surface area contributed by atoms with E-state index in [1.165, 1.54) is 6.42 Å². The highest BCUT2D eigenvalue weighted by molar-refractivity contribution is 6.30. The Morgan fingerprint density at radius 2 is 2.00 bits per heavy atom. The van der Waals surface area contributed by atoms with Crippen LogP contribution < -0.4 is 4.74 Å². The molecule has 0 aromatic heterocycles. The molecule has 2 atom stereocenters. The van der Waals surface area contributed by atoms with Gasteiger partial charge in [0.05, 0.1) is 0 Å². The summed E-state index contributed by atoms with van der Waals surface area (Å²) < 4.78 is 5.63. The normalized spacial score (nSPS) is 22.7. The van der Waals surface area contributed by atoms with Crippen LogP contribution in [-0.4, -0.2) is 30.5 Å². The molecule has 1 aromatic carbocycles. The minimum absolute atomic E-state index is 0.0674. The maximum absolute atomic E-state index is 12.2. The van der Waals surface area contributed by atoms with Crippen LogP contribution >= 0.6 is 11.6 Å². The van der Waals surface area contributed by atoms with Crippen LogP contribution in [0.2, 0.25) is 5.02 Å². The van der Waals surface area contributed by atoms with Crippen molar-refractivity contribution in [3.8, 4) is 5.75 Å². The van der Waals surface area contributed by atoms with E-state index in [2.05, 4.69) is 13.8 Å². The number of rotatable bonds is 3. The number of hydrogen-bond acceptors (Lipinski definition) is 2. The molecule has 3 nitrogen and oxygen atoms in total. The van der Waals surface area contributed by atoms with E-state index in [0.717, 1.165) is 24.4 Å². The number of aryl methyl sites for hydroxylation is 1. The van der Waals surface area contributed by atoms with Crippen LogP contribution in [0.5, 0.6) is 5.75 Å². The van der Waals surface area contributed by atoms with Crippen LogP contribution in [0.15, 0.2) is 18.2 Å². The number of carbonyl (C=O) groups excluding carboxylic acids is 1. The summed E-state index contributed by atoms with van der Waals surface area (Å²) in [5, 5.41) is 0.680. The molecule has 0 spiro atoms. The molecule has 1 aliphatic heterocycles. The van der Waals surface area contributed by atoms with Crippen molar-refractivity contribution in [2.24, 2.45) is 11.8 Å². The van der Waals surface area contributed by atoms with E-state index in [1.54, 1.807) is 6.07 Å². The summed E-state index contributed by atoms with van der Waals surface area (Å²) in [5.41, 5.74) is 0.950. The first-order chi connectivity index (χ1) is 9.45. The third-order valence-electron chi connectivity index (χ3n) is 3.71. The fourth-order valence-corrected chi connectivity index (χ4v) is 3.10. The van der Waals surface area contributed by atoms with E-state index in [-0.39, 0.29) is 12.5 Å².